The highest BCUT2D eigenvalue weighted by Gasteiger charge is 2.15. The van der Waals surface area contributed by atoms with Gasteiger partial charge in [-0.05, 0) is 18.3 Å². The fourth-order valence-corrected chi connectivity index (χ4v) is 4.37. The second-order valence-corrected chi connectivity index (χ2v) is 9.08. The molecule has 2 atom stereocenters. The standard InChI is InChI=1S/C27H55/c1-5-9-12-15-17-20-22-26(8-4)25-27(23-19-14-11-7-3)24-21-18-16-13-10-6-2/h25-27H,5-24H2,1-4H3. The van der Waals surface area contributed by atoms with Gasteiger partial charge >= 0.3 is 0 Å². The van der Waals surface area contributed by atoms with Crippen LogP contribution in [0.2, 0.25) is 0 Å². The summed E-state index contributed by atoms with van der Waals surface area (Å²) in [4.78, 5) is 0. The lowest BCUT2D eigenvalue weighted by Gasteiger charge is -2.23. The minimum atomic E-state index is 0.882. The summed E-state index contributed by atoms with van der Waals surface area (Å²) < 4.78 is 0. The molecule has 0 aromatic rings. The van der Waals surface area contributed by atoms with Gasteiger partial charge in [-0.2, -0.15) is 0 Å². The molecular weight excluding hydrogens is 324 g/mol. The van der Waals surface area contributed by atoms with E-state index in [0.29, 0.717) is 0 Å². The molecule has 0 rings (SSSR count). The Morgan fingerprint density at radius 1 is 0.407 bits per heavy atom. The van der Waals surface area contributed by atoms with Crippen LogP contribution in [-0.4, -0.2) is 0 Å². The zero-order valence-corrected chi connectivity index (χ0v) is 19.9. The molecule has 0 aromatic heterocycles. The van der Waals surface area contributed by atoms with Gasteiger partial charge in [-0.25, -0.2) is 0 Å². The molecule has 0 heteroatoms. The average molecular weight is 380 g/mol. The van der Waals surface area contributed by atoms with Gasteiger partial charge in [0.25, 0.3) is 0 Å². The lowest BCUT2D eigenvalue weighted by Crippen LogP contribution is -2.10. The van der Waals surface area contributed by atoms with Gasteiger partial charge in [0.2, 0.25) is 0 Å². The summed E-state index contributed by atoms with van der Waals surface area (Å²) in [5, 5.41) is 0. The van der Waals surface area contributed by atoms with E-state index in [2.05, 4.69) is 34.1 Å². The minimum Gasteiger partial charge on any atom is -0.0654 e. The first-order valence-corrected chi connectivity index (χ1v) is 13.1. The van der Waals surface area contributed by atoms with Gasteiger partial charge < -0.3 is 0 Å². The van der Waals surface area contributed by atoms with Crippen LogP contribution in [0, 0.1) is 18.3 Å². The van der Waals surface area contributed by atoms with Crippen molar-refractivity contribution in [1.29, 1.82) is 0 Å². The number of rotatable bonds is 22. The van der Waals surface area contributed by atoms with Crippen LogP contribution in [-0.2, 0) is 0 Å². The molecule has 163 valence electrons. The fourth-order valence-electron chi connectivity index (χ4n) is 4.37. The van der Waals surface area contributed by atoms with Crippen LogP contribution in [0.3, 0.4) is 0 Å². The maximum absolute atomic E-state index is 2.81. The lowest BCUT2D eigenvalue weighted by atomic mass is 9.83. The van der Waals surface area contributed by atoms with E-state index in [4.69, 9.17) is 0 Å². The molecule has 1 radical (unpaired) electrons. The maximum atomic E-state index is 2.81. The first-order valence-electron chi connectivity index (χ1n) is 13.1. The molecule has 0 fully saturated rings. The van der Waals surface area contributed by atoms with Gasteiger partial charge in [-0.1, -0.05) is 156 Å². The summed E-state index contributed by atoms with van der Waals surface area (Å²) in [5.74, 6) is 1.78. The smallest absolute Gasteiger partial charge is 0.0324 e. The Labute approximate surface area is 174 Å². The first-order chi connectivity index (χ1) is 13.3. The van der Waals surface area contributed by atoms with E-state index in [1.165, 1.54) is 128 Å². The van der Waals surface area contributed by atoms with Gasteiger partial charge in [0.1, 0.15) is 0 Å². The van der Waals surface area contributed by atoms with E-state index in [1.54, 1.807) is 0 Å². The van der Waals surface area contributed by atoms with E-state index in [-0.39, 0.29) is 0 Å². The predicted molar refractivity (Wildman–Crippen MR) is 126 cm³/mol. The highest BCUT2D eigenvalue weighted by molar-refractivity contribution is 4.83. The van der Waals surface area contributed by atoms with Crippen molar-refractivity contribution >= 4 is 0 Å². The van der Waals surface area contributed by atoms with Gasteiger partial charge in [-0.3, -0.25) is 0 Å². The SMILES string of the molecule is CCCCCCCCC([CH]C(CCCCCC)CCCCCCCC)CC. The van der Waals surface area contributed by atoms with Crippen LogP contribution in [0.4, 0.5) is 0 Å². The van der Waals surface area contributed by atoms with Crippen molar-refractivity contribution in [2.75, 3.05) is 0 Å². The highest BCUT2D eigenvalue weighted by Crippen LogP contribution is 2.28. The Morgan fingerprint density at radius 2 is 0.741 bits per heavy atom. The molecule has 0 N–H and O–H groups in total. The van der Waals surface area contributed by atoms with Gasteiger partial charge in [0.15, 0.2) is 0 Å². The van der Waals surface area contributed by atoms with E-state index in [9.17, 15) is 0 Å². The summed E-state index contributed by atoms with van der Waals surface area (Å²) in [6.07, 6.45) is 31.5. The van der Waals surface area contributed by atoms with E-state index < -0.39 is 0 Å². The Kier molecular flexibility index (Phi) is 22.3. The highest BCUT2D eigenvalue weighted by atomic mass is 14.2. The molecule has 0 spiro atoms. The molecule has 0 amide bonds. The fraction of sp³-hybridized carbons (Fsp3) is 0.963. The van der Waals surface area contributed by atoms with Gasteiger partial charge in [0, 0.05) is 0 Å². The van der Waals surface area contributed by atoms with Crippen LogP contribution >= 0.6 is 0 Å². The van der Waals surface area contributed by atoms with Crippen molar-refractivity contribution in [3.05, 3.63) is 6.42 Å². The molecule has 0 bridgehead atoms. The van der Waals surface area contributed by atoms with Gasteiger partial charge in [0.05, 0.1) is 0 Å². The van der Waals surface area contributed by atoms with Crippen molar-refractivity contribution < 1.29 is 0 Å². The molecule has 27 heavy (non-hydrogen) atoms. The molecule has 0 saturated carbocycles. The Balaban J connectivity index is 4.09. The maximum Gasteiger partial charge on any atom is -0.0324 e. The number of unbranched alkanes of at least 4 members (excludes halogenated alkanes) is 13. The molecule has 0 aromatic carbocycles. The minimum absolute atomic E-state index is 0.882. The topological polar surface area (TPSA) is 0 Å². The number of hydrogen-bond acceptors (Lipinski definition) is 0. The molecule has 0 heterocycles. The average Bonchev–Trinajstić information content (AvgIpc) is 2.69. The first kappa shape index (κ1) is 27.0. The van der Waals surface area contributed by atoms with Crippen LogP contribution in [0.15, 0.2) is 0 Å². The van der Waals surface area contributed by atoms with Crippen molar-refractivity contribution in [2.24, 2.45) is 11.8 Å². The molecule has 0 saturated heterocycles. The third kappa shape index (κ3) is 19.1. The van der Waals surface area contributed by atoms with Crippen LogP contribution in [0.1, 0.15) is 156 Å². The summed E-state index contributed by atoms with van der Waals surface area (Å²) in [6, 6.07) is 0. The van der Waals surface area contributed by atoms with E-state index >= 15 is 0 Å². The van der Waals surface area contributed by atoms with Crippen molar-refractivity contribution in [3.63, 3.8) is 0 Å². The van der Waals surface area contributed by atoms with E-state index in [0.717, 1.165) is 11.8 Å². The zero-order valence-electron chi connectivity index (χ0n) is 19.9. The largest absolute Gasteiger partial charge is 0.0654 e. The quantitative estimate of drug-likeness (QED) is 0.164. The summed E-state index contributed by atoms with van der Waals surface area (Å²) in [5.41, 5.74) is 0. The molecule has 2 unspecified atom stereocenters. The summed E-state index contributed by atoms with van der Waals surface area (Å²) in [6.45, 7) is 9.37. The molecule has 0 aliphatic rings. The van der Waals surface area contributed by atoms with Crippen LogP contribution in [0.5, 0.6) is 0 Å². The van der Waals surface area contributed by atoms with Crippen molar-refractivity contribution in [1.82, 2.24) is 0 Å². The Morgan fingerprint density at radius 3 is 1.15 bits per heavy atom. The van der Waals surface area contributed by atoms with E-state index in [1.807, 2.05) is 0 Å². The second-order valence-electron chi connectivity index (χ2n) is 9.08. The molecule has 0 nitrogen and oxygen atoms in total. The van der Waals surface area contributed by atoms with Crippen molar-refractivity contribution in [3.8, 4) is 0 Å². The normalized spacial score (nSPS) is 13.8. The Hall–Kier alpha value is 0. The third-order valence-electron chi connectivity index (χ3n) is 6.35. The predicted octanol–water partition coefficient (Wildman–Crippen LogP) is 10.3. The number of hydrogen-bond donors (Lipinski definition) is 0. The van der Waals surface area contributed by atoms with Crippen LogP contribution < -0.4 is 0 Å². The second kappa shape index (κ2) is 22.3. The third-order valence-corrected chi connectivity index (χ3v) is 6.35. The monoisotopic (exact) mass is 379 g/mol. The summed E-state index contributed by atoms with van der Waals surface area (Å²) in [7, 11) is 0. The molecule has 0 aliphatic carbocycles. The Bertz CT molecular complexity index is 257. The molecular formula is C27H55. The summed E-state index contributed by atoms with van der Waals surface area (Å²) >= 11 is 0. The zero-order chi connectivity index (χ0) is 20.0. The lowest BCUT2D eigenvalue weighted by molar-refractivity contribution is 0.379. The molecule has 0 aliphatic heterocycles. The van der Waals surface area contributed by atoms with Gasteiger partial charge in [-0.15, -0.1) is 0 Å². The van der Waals surface area contributed by atoms with Crippen molar-refractivity contribution in [2.45, 2.75) is 156 Å². The van der Waals surface area contributed by atoms with Crippen LogP contribution in [0.25, 0.3) is 0 Å².